The van der Waals surface area contributed by atoms with Crippen molar-refractivity contribution < 1.29 is 18.0 Å². The lowest BCUT2D eigenvalue weighted by molar-refractivity contribution is -0.139. The molecule has 0 heterocycles. The monoisotopic (exact) mass is 507 g/mol. The van der Waals surface area contributed by atoms with Gasteiger partial charge in [-0.1, -0.05) is 62.7 Å². The number of hydrogen-bond donors (Lipinski definition) is 1. The van der Waals surface area contributed by atoms with Crippen molar-refractivity contribution in [3.8, 4) is 0 Å². The molecule has 0 radical (unpaired) electrons. The van der Waals surface area contributed by atoms with E-state index in [0.717, 1.165) is 16.1 Å². The number of hydrogen-bond acceptors (Lipinski definition) is 4. The molecule has 1 atom stereocenters. The normalized spacial score (nSPS) is 12.7. The molecule has 9 heteroatoms. The summed E-state index contributed by atoms with van der Waals surface area (Å²) in [5.74, 6) is -0.840. The van der Waals surface area contributed by atoms with E-state index in [0.29, 0.717) is 22.8 Å². The van der Waals surface area contributed by atoms with Gasteiger partial charge < -0.3 is 10.2 Å². The van der Waals surface area contributed by atoms with Crippen molar-refractivity contribution in [3.05, 3.63) is 64.7 Å². The molecule has 0 aliphatic carbocycles. The Bertz CT molecular complexity index is 1110. The van der Waals surface area contributed by atoms with Gasteiger partial charge in [0.15, 0.2) is 0 Å². The average Bonchev–Trinajstić information content (AvgIpc) is 2.75. The van der Waals surface area contributed by atoms with Crippen molar-refractivity contribution in [2.45, 2.75) is 52.6 Å². The fraction of sp³-hybridized carbons (Fsp3) is 0.440. The highest BCUT2D eigenvalue weighted by molar-refractivity contribution is 7.92. The van der Waals surface area contributed by atoms with Gasteiger partial charge in [0.2, 0.25) is 21.8 Å². The first kappa shape index (κ1) is 27.7. The molecule has 2 rings (SSSR count). The Morgan fingerprint density at radius 3 is 2.15 bits per heavy atom. The van der Waals surface area contributed by atoms with Gasteiger partial charge in [0.25, 0.3) is 0 Å². The van der Waals surface area contributed by atoms with Gasteiger partial charge in [-0.15, -0.1) is 0 Å². The van der Waals surface area contributed by atoms with Crippen LogP contribution in [0, 0.1) is 0 Å². The van der Waals surface area contributed by atoms with Gasteiger partial charge in [0, 0.05) is 18.1 Å². The third-order valence-electron chi connectivity index (χ3n) is 5.52. The molecule has 2 amide bonds. The van der Waals surface area contributed by atoms with Gasteiger partial charge in [-0.25, -0.2) is 8.42 Å². The van der Waals surface area contributed by atoms with Crippen molar-refractivity contribution in [2.75, 3.05) is 23.7 Å². The number of carbonyl (C=O) groups is 2. The van der Waals surface area contributed by atoms with Crippen LogP contribution in [0.2, 0.25) is 5.02 Å². The van der Waals surface area contributed by atoms with Gasteiger partial charge >= 0.3 is 0 Å². The summed E-state index contributed by atoms with van der Waals surface area (Å²) in [5.41, 5.74) is 1.99. The molecule has 2 aromatic carbocycles. The number of nitrogens with one attached hydrogen (secondary N) is 1. The van der Waals surface area contributed by atoms with E-state index >= 15 is 0 Å². The van der Waals surface area contributed by atoms with E-state index in [9.17, 15) is 18.0 Å². The Labute approximate surface area is 208 Å². The molecule has 1 N–H and O–H groups in total. The van der Waals surface area contributed by atoms with E-state index in [4.69, 9.17) is 11.6 Å². The predicted octanol–water partition coefficient (Wildman–Crippen LogP) is 3.96. The topological polar surface area (TPSA) is 86.8 Å². The molecule has 0 bridgehead atoms. The minimum atomic E-state index is -3.77. The lowest BCUT2D eigenvalue weighted by atomic mass is 9.87. The highest BCUT2D eigenvalue weighted by atomic mass is 35.5. The zero-order chi connectivity index (χ0) is 25.7. The molecule has 0 aliphatic rings. The number of nitrogens with zero attached hydrogens (tertiary/aromatic N) is 2. The lowest BCUT2D eigenvalue weighted by Crippen LogP contribution is -2.51. The number of halogens is 1. The van der Waals surface area contributed by atoms with Crippen molar-refractivity contribution in [1.29, 1.82) is 0 Å². The fourth-order valence-corrected chi connectivity index (χ4v) is 4.50. The number of sulfonamides is 1. The molecule has 0 aromatic heterocycles. The molecule has 7 nitrogen and oxygen atoms in total. The zero-order valence-corrected chi connectivity index (χ0v) is 22.2. The second kappa shape index (κ2) is 11.2. The maximum absolute atomic E-state index is 13.5. The van der Waals surface area contributed by atoms with Crippen LogP contribution in [-0.4, -0.2) is 50.5 Å². The summed E-state index contributed by atoms with van der Waals surface area (Å²) in [6.45, 7) is 9.63. The third kappa shape index (κ3) is 7.21. The Morgan fingerprint density at radius 2 is 1.65 bits per heavy atom. The molecular weight excluding hydrogens is 474 g/mol. The van der Waals surface area contributed by atoms with E-state index in [1.807, 2.05) is 12.1 Å². The molecule has 0 saturated carbocycles. The van der Waals surface area contributed by atoms with Crippen LogP contribution in [0.4, 0.5) is 5.69 Å². The van der Waals surface area contributed by atoms with Gasteiger partial charge in [0.1, 0.15) is 12.6 Å². The van der Waals surface area contributed by atoms with Crippen molar-refractivity contribution in [2.24, 2.45) is 0 Å². The van der Waals surface area contributed by atoms with Gasteiger partial charge in [0.05, 0.1) is 11.9 Å². The van der Waals surface area contributed by atoms with Crippen molar-refractivity contribution in [3.63, 3.8) is 0 Å². The van der Waals surface area contributed by atoms with Crippen molar-refractivity contribution in [1.82, 2.24) is 10.2 Å². The van der Waals surface area contributed by atoms with Crippen molar-refractivity contribution >= 4 is 39.1 Å². The van der Waals surface area contributed by atoms with E-state index in [1.165, 1.54) is 4.90 Å². The minimum Gasteiger partial charge on any atom is -0.355 e. The van der Waals surface area contributed by atoms with Gasteiger partial charge in [-0.05, 0) is 48.6 Å². The molecular formula is C25H34ClN3O4S. The van der Waals surface area contributed by atoms with Crippen LogP contribution in [0.5, 0.6) is 0 Å². The Kier molecular flexibility index (Phi) is 9.14. The van der Waals surface area contributed by atoms with Gasteiger partial charge in [-0.2, -0.15) is 0 Å². The summed E-state index contributed by atoms with van der Waals surface area (Å²) >= 11 is 6.30. The average molecular weight is 508 g/mol. The molecule has 0 fully saturated rings. The summed E-state index contributed by atoms with van der Waals surface area (Å²) in [4.78, 5) is 27.4. The summed E-state index contributed by atoms with van der Waals surface area (Å²) in [7, 11) is -3.77. The van der Waals surface area contributed by atoms with Crippen LogP contribution in [0.1, 0.15) is 45.7 Å². The highest BCUT2D eigenvalue weighted by Gasteiger charge is 2.30. The molecule has 0 spiro atoms. The van der Waals surface area contributed by atoms with Gasteiger partial charge in [-0.3, -0.25) is 13.9 Å². The van der Waals surface area contributed by atoms with Crippen LogP contribution in [0.15, 0.2) is 48.5 Å². The quantitative estimate of drug-likeness (QED) is 0.556. The van der Waals surface area contributed by atoms with Crippen LogP contribution in [0.25, 0.3) is 0 Å². The van der Waals surface area contributed by atoms with Crippen LogP contribution < -0.4 is 9.62 Å². The third-order valence-corrected chi connectivity index (χ3v) is 7.03. The number of likely N-dealkylation sites (N-methyl/N-ethyl adjacent to an activating group) is 1. The number of rotatable bonds is 9. The maximum atomic E-state index is 13.5. The summed E-state index contributed by atoms with van der Waals surface area (Å²) in [6.07, 6.45) is 1.06. The lowest BCUT2D eigenvalue weighted by Gasteiger charge is -2.31. The summed E-state index contributed by atoms with van der Waals surface area (Å²) in [5, 5.41) is 3.18. The van der Waals surface area contributed by atoms with E-state index in [1.54, 1.807) is 50.2 Å². The maximum Gasteiger partial charge on any atom is 0.244 e. The smallest absolute Gasteiger partial charge is 0.244 e. The minimum absolute atomic E-state index is 0.0668. The Hall–Kier alpha value is -2.58. The molecule has 0 saturated heterocycles. The predicted molar refractivity (Wildman–Crippen MR) is 137 cm³/mol. The molecule has 0 unspecified atom stereocenters. The fourth-order valence-electron chi connectivity index (χ4n) is 3.46. The second-order valence-electron chi connectivity index (χ2n) is 9.25. The standard InChI is InChI=1S/C25H34ClN3O4S/c1-7-27-24(31)18(2)28(16-19-10-8-9-11-22(19)26)23(30)17-29(34(6,32)33)21-14-12-20(13-15-21)25(3,4)5/h8-15,18H,7,16-17H2,1-6H3,(H,27,31)/t18-/m1/s1. The molecule has 186 valence electrons. The van der Waals surface area contributed by atoms with Crippen LogP contribution in [0.3, 0.4) is 0 Å². The SMILES string of the molecule is CCNC(=O)[C@@H](C)N(Cc1ccccc1Cl)C(=O)CN(c1ccc(C(C)(C)C)cc1)S(C)(=O)=O. The van der Waals surface area contributed by atoms with Crippen LogP contribution >= 0.6 is 11.6 Å². The van der Waals surface area contributed by atoms with E-state index in [2.05, 4.69) is 26.1 Å². The number of carbonyl (C=O) groups excluding carboxylic acids is 2. The Morgan fingerprint density at radius 1 is 1.06 bits per heavy atom. The van der Waals surface area contributed by atoms with E-state index in [-0.39, 0.29) is 17.9 Å². The summed E-state index contributed by atoms with van der Waals surface area (Å²) < 4.78 is 26.4. The first-order valence-corrected chi connectivity index (χ1v) is 13.4. The zero-order valence-electron chi connectivity index (χ0n) is 20.6. The summed E-state index contributed by atoms with van der Waals surface area (Å²) in [6, 6.07) is 13.3. The van der Waals surface area contributed by atoms with E-state index < -0.39 is 28.5 Å². The van der Waals surface area contributed by atoms with Crippen LogP contribution in [-0.2, 0) is 31.6 Å². The number of amides is 2. The largest absolute Gasteiger partial charge is 0.355 e. The number of benzene rings is 2. The molecule has 34 heavy (non-hydrogen) atoms. The highest BCUT2D eigenvalue weighted by Crippen LogP contribution is 2.26. The first-order valence-electron chi connectivity index (χ1n) is 11.1. The second-order valence-corrected chi connectivity index (χ2v) is 11.6. The molecule has 0 aliphatic heterocycles. The molecule has 2 aromatic rings. The Balaban J connectivity index is 2.40. The first-order chi connectivity index (χ1) is 15.8. The number of anilines is 1.